The van der Waals surface area contributed by atoms with E-state index in [0.29, 0.717) is 10.7 Å². The van der Waals surface area contributed by atoms with Crippen molar-refractivity contribution >= 4 is 23.2 Å². The maximum atomic E-state index is 13.2. The molecule has 0 bridgehead atoms. The molecule has 1 aliphatic rings. The summed E-state index contributed by atoms with van der Waals surface area (Å²) in [6, 6.07) is 13.4. The number of hydrogen-bond donors (Lipinski definition) is 2. The number of rotatable bonds is 2. The molecular weight excluding hydrogens is 376 g/mol. The minimum absolute atomic E-state index is 0.0162. The number of amides is 1. The monoisotopic (exact) mass is 394 g/mol. The SMILES string of the molecule is C[C@H]1CCc2cc(-c3ncccc3Cl)ccc2N1C(=O)c1ccc(O)cc1O. The van der Waals surface area contributed by atoms with Gasteiger partial charge < -0.3 is 15.1 Å². The third-order valence-electron chi connectivity index (χ3n) is 5.07. The highest BCUT2D eigenvalue weighted by Crippen LogP contribution is 2.37. The molecule has 6 heteroatoms. The van der Waals surface area contributed by atoms with Crippen molar-refractivity contribution in [3.05, 3.63) is 70.9 Å². The molecule has 1 aliphatic heterocycles. The van der Waals surface area contributed by atoms with Gasteiger partial charge in [-0.05, 0) is 61.7 Å². The van der Waals surface area contributed by atoms with E-state index in [1.54, 1.807) is 23.2 Å². The van der Waals surface area contributed by atoms with Crippen molar-refractivity contribution in [2.45, 2.75) is 25.8 Å². The Bertz CT molecular complexity index is 1070. The van der Waals surface area contributed by atoms with Crippen LogP contribution in [0.25, 0.3) is 11.3 Å². The molecule has 1 aromatic heterocycles. The Labute approximate surface area is 167 Å². The van der Waals surface area contributed by atoms with E-state index in [0.717, 1.165) is 29.7 Å². The number of carbonyl (C=O) groups is 1. The molecule has 3 aromatic rings. The van der Waals surface area contributed by atoms with Crippen molar-refractivity contribution < 1.29 is 15.0 Å². The van der Waals surface area contributed by atoms with Crippen LogP contribution >= 0.6 is 11.6 Å². The Morgan fingerprint density at radius 3 is 2.75 bits per heavy atom. The van der Waals surface area contributed by atoms with E-state index in [-0.39, 0.29) is 29.0 Å². The highest BCUT2D eigenvalue weighted by atomic mass is 35.5. The van der Waals surface area contributed by atoms with Gasteiger partial charge in [0.1, 0.15) is 11.5 Å². The highest BCUT2D eigenvalue weighted by Gasteiger charge is 2.30. The van der Waals surface area contributed by atoms with Crippen LogP contribution in [0.15, 0.2) is 54.7 Å². The van der Waals surface area contributed by atoms with Crippen molar-refractivity contribution in [2.24, 2.45) is 0 Å². The third-order valence-corrected chi connectivity index (χ3v) is 5.38. The Kier molecular flexibility index (Phi) is 4.69. The van der Waals surface area contributed by atoms with Gasteiger partial charge in [0.25, 0.3) is 5.91 Å². The largest absolute Gasteiger partial charge is 0.508 e. The summed E-state index contributed by atoms with van der Waals surface area (Å²) in [5.74, 6) is -0.617. The predicted octanol–water partition coefficient (Wildman–Crippen LogP) is 4.79. The molecule has 0 aliphatic carbocycles. The second kappa shape index (κ2) is 7.17. The van der Waals surface area contributed by atoms with Crippen LogP contribution in [0.5, 0.6) is 11.5 Å². The Morgan fingerprint density at radius 1 is 1.18 bits per heavy atom. The normalized spacial score (nSPS) is 15.9. The fourth-order valence-electron chi connectivity index (χ4n) is 3.64. The van der Waals surface area contributed by atoms with Gasteiger partial charge in [-0.3, -0.25) is 9.78 Å². The van der Waals surface area contributed by atoms with E-state index in [1.165, 1.54) is 18.2 Å². The van der Waals surface area contributed by atoms with Gasteiger partial charge in [0.2, 0.25) is 0 Å². The van der Waals surface area contributed by atoms with Crippen LogP contribution in [-0.4, -0.2) is 27.1 Å². The lowest BCUT2D eigenvalue weighted by atomic mass is 9.93. The molecule has 0 fully saturated rings. The summed E-state index contributed by atoms with van der Waals surface area (Å²) < 4.78 is 0. The Balaban J connectivity index is 1.76. The molecule has 0 spiro atoms. The Hall–Kier alpha value is -3.05. The maximum absolute atomic E-state index is 13.2. The first-order valence-corrected chi connectivity index (χ1v) is 9.43. The second-order valence-electron chi connectivity index (χ2n) is 6.94. The van der Waals surface area contributed by atoms with E-state index in [2.05, 4.69) is 4.98 Å². The summed E-state index contributed by atoms with van der Waals surface area (Å²) in [5, 5.41) is 20.2. The molecule has 4 rings (SSSR count). The number of carbonyl (C=O) groups excluding carboxylic acids is 1. The predicted molar refractivity (Wildman–Crippen MR) is 109 cm³/mol. The zero-order valence-corrected chi connectivity index (χ0v) is 16.0. The molecule has 1 atom stereocenters. The summed E-state index contributed by atoms with van der Waals surface area (Å²) in [6.07, 6.45) is 3.34. The van der Waals surface area contributed by atoms with E-state index in [4.69, 9.17) is 11.6 Å². The van der Waals surface area contributed by atoms with Crippen LogP contribution in [0.3, 0.4) is 0 Å². The van der Waals surface area contributed by atoms with Crippen LogP contribution in [0, 0.1) is 0 Å². The first-order valence-electron chi connectivity index (χ1n) is 9.05. The number of phenolic OH excluding ortho intramolecular Hbond substituents is 2. The number of anilines is 1. The van der Waals surface area contributed by atoms with Crippen LogP contribution in [0.4, 0.5) is 5.69 Å². The van der Waals surface area contributed by atoms with Crippen LogP contribution < -0.4 is 4.90 Å². The van der Waals surface area contributed by atoms with Crippen LogP contribution in [0.1, 0.15) is 29.3 Å². The van der Waals surface area contributed by atoms with E-state index >= 15 is 0 Å². The molecule has 2 N–H and O–H groups in total. The molecule has 0 radical (unpaired) electrons. The lowest BCUT2D eigenvalue weighted by Crippen LogP contribution is -2.42. The highest BCUT2D eigenvalue weighted by molar-refractivity contribution is 6.33. The number of phenols is 2. The van der Waals surface area contributed by atoms with Gasteiger partial charge in [-0.25, -0.2) is 0 Å². The maximum Gasteiger partial charge on any atom is 0.262 e. The molecule has 0 unspecified atom stereocenters. The second-order valence-corrected chi connectivity index (χ2v) is 7.35. The number of fused-ring (bicyclic) bond motifs is 1. The Morgan fingerprint density at radius 2 is 2.00 bits per heavy atom. The molecule has 2 aromatic carbocycles. The van der Waals surface area contributed by atoms with Gasteiger partial charge >= 0.3 is 0 Å². The minimum Gasteiger partial charge on any atom is -0.508 e. The van der Waals surface area contributed by atoms with Gasteiger partial charge in [-0.2, -0.15) is 0 Å². The zero-order chi connectivity index (χ0) is 19.8. The van der Waals surface area contributed by atoms with Crippen molar-refractivity contribution in [3.8, 4) is 22.8 Å². The third kappa shape index (κ3) is 3.18. The number of halogens is 1. The fourth-order valence-corrected chi connectivity index (χ4v) is 3.87. The summed E-state index contributed by atoms with van der Waals surface area (Å²) in [4.78, 5) is 19.2. The van der Waals surface area contributed by atoms with Gasteiger partial charge in [0.15, 0.2) is 0 Å². The van der Waals surface area contributed by atoms with Crippen LogP contribution in [0.2, 0.25) is 5.02 Å². The van der Waals surface area contributed by atoms with Gasteiger partial charge in [0, 0.05) is 29.6 Å². The van der Waals surface area contributed by atoms with Gasteiger partial charge in [0.05, 0.1) is 16.3 Å². The average molecular weight is 395 g/mol. The smallest absolute Gasteiger partial charge is 0.262 e. The number of aryl methyl sites for hydroxylation is 1. The molecule has 1 amide bonds. The summed E-state index contributed by atoms with van der Waals surface area (Å²) >= 11 is 6.28. The summed E-state index contributed by atoms with van der Waals surface area (Å²) in [6.45, 7) is 1.99. The number of aromatic hydroxyl groups is 2. The average Bonchev–Trinajstić information content (AvgIpc) is 2.67. The first-order chi connectivity index (χ1) is 13.5. The molecule has 0 saturated carbocycles. The summed E-state index contributed by atoms with van der Waals surface area (Å²) in [5.41, 5.74) is 3.61. The van der Waals surface area contributed by atoms with Crippen molar-refractivity contribution in [2.75, 3.05) is 4.90 Å². The quantitative estimate of drug-likeness (QED) is 0.655. The van der Waals surface area contributed by atoms with Crippen molar-refractivity contribution in [1.29, 1.82) is 0 Å². The van der Waals surface area contributed by atoms with Crippen LogP contribution in [-0.2, 0) is 6.42 Å². The first kappa shape index (κ1) is 18.3. The van der Waals surface area contributed by atoms with Crippen molar-refractivity contribution in [1.82, 2.24) is 4.98 Å². The van der Waals surface area contributed by atoms with E-state index in [1.807, 2.05) is 25.1 Å². The van der Waals surface area contributed by atoms with Gasteiger partial charge in [-0.1, -0.05) is 17.7 Å². The topological polar surface area (TPSA) is 73.7 Å². The number of nitrogens with zero attached hydrogens (tertiary/aromatic N) is 2. The standard InChI is InChI=1S/C22H19ClN2O3/c1-13-4-5-14-11-15(21-18(23)3-2-10-24-21)6-9-19(14)25(13)22(28)17-8-7-16(26)12-20(17)27/h2-3,6-13,26-27H,4-5H2,1H3/t13-/m0/s1. The van der Waals surface area contributed by atoms with E-state index < -0.39 is 0 Å². The molecule has 2 heterocycles. The number of benzene rings is 2. The lowest BCUT2D eigenvalue weighted by molar-refractivity contribution is 0.0972. The number of hydrogen-bond acceptors (Lipinski definition) is 4. The minimum atomic E-state index is -0.297. The lowest BCUT2D eigenvalue weighted by Gasteiger charge is -2.35. The van der Waals surface area contributed by atoms with Crippen molar-refractivity contribution in [3.63, 3.8) is 0 Å². The zero-order valence-electron chi connectivity index (χ0n) is 15.3. The number of pyridine rings is 1. The van der Waals surface area contributed by atoms with Gasteiger partial charge in [-0.15, -0.1) is 0 Å². The molecule has 28 heavy (non-hydrogen) atoms. The molecule has 5 nitrogen and oxygen atoms in total. The molecule has 142 valence electrons. The number of aromatic nitrogens is 1. The molecular formula is C22H19ClN2O3. The fraction of sp³-hybridized carbons (Fsp3) is 0.182. The molecule has 0 saturated heterocycles. The summed E-state index contributed by atoms with van der Waals surface area (Å²) in [7, 11) is 0. The van der Waals surface area contributed by atoms with E-state index in [9.17, 15) is 15.0 Å².